The number of methoxy groups -OCH3 is 1. The lowest BCUT2D eigenvalue weighted by molar-refractivity contribution is -0.136. The third-order valence-corrected chi connectivity index (χ3v) is 4.87. The van der Waals surface area contributed by atoms with Crippen molar-refractivity contribution in [1.29, 1.82) is 0 Å². The predicted octanol–water partition coefficient (Wildman–Crippen LogP) is 1.99. The molecule has 2 heterocycles. The second-order valence-electron chi connectivity index (χ2n) is 6.51. The SMILES string of the molecule is CCN(CC)C(=O)COc1ccc(C2C(C(=O)OC)=C(C)Nc3ncnn32)cc1. The van der Waals surface area contributed by atoms with Gasteiger partial charge in [0.15, 0.2) is 6.61 Å². The summed E-state index contributed by atoms with van der Waals surface area (Å²) in [6.45, 7) is 6.94. The van der Waals surface area contributed by atoms with E-state index >= 15 is 0 Å². The Balaban J connectivity index is 1.83. The number of benzene rings is 1. The molecule has 9 nitrogen and oxygen atoms in total. The Kier molecular flexibility index (Phi) is 6.16. The van der Waals surface area contributed by atoms with Crippen molar-refractivity contribution in [2.75, 3.05) is 32.1 Å². The summed E-state index contributed by atoms with van der Waals surface area (Å²) in [6, 6.07) is 6.75. The van der Waals surface area contributed by atoms with Gasteiger partial charge in [-0.1, -0.05) is 12.1 Å². The van der Waals surface area contributed by atoms with Gasteiger partial charge in [-0.15, -0.1) is 0 Å². The monoisotopic (exact) mass is 399 g/mol. The third-order valence-electron chi connectivity index (χ3n) is 4.87. The maximum absolute atomic E-state index is 12.4. The molecule has 3 rings (SSSR count). The van der Waals surface area contributed by atoms with E-state index in [1.807, 2.05) is 26.0 Å². The number of aromatic nitrogens is 3. The van der Waals surface area contributed by atoms with Gasteiger partial charge in [0.05, 0.1) is 12.7 Å². The van der Waals surface area contributed by atoms with Gasteiger partial charge in [0.1, 0.15) is 18.1 Å². The minimum atomic E-state index is -0.479. The van der Waals surface area contributed by atoms with E-state index < -0.39 is 12.0 Å². The molecular weight excluding hydrogens is 374 g/mol. The summed E-state index contributed by atoms with van der Waals surface area (Å²) in [6.07, 6.45) is 1.43. The lowest BCUT2D eigenvalue weighted by atomic mass is 9.96. The number of hydrogen-bond donors (Lipinski definition) is 1. The Morgan fingerprint density at radius 1 is 1.21 bits per heavy atom. The van der Waals surface area contributed by atoms with Crippen LogP contribution in [0.3, 0.4) is 0 Å². The first kappa shape index (κ1) is 20.4. The maximum atomic E-state index is 12.4. The molecule has 0 fully saturated rings. The predicted molar refractivity (Wildman–Crippen MR) is 106 cm³/mol. The zero-order valence-corrected chi connectivity index (χ0v) is 17.0. The highest BCUT2D eigenvalue weighted by atomic mass is 16.5. The Labute approximate surface area is 169 Å². The average molecular weight is 399 g/mol. The molecule has 1 aromatic carbocycles. The van der Waals surface area contributed by atoms with Crippen molar-refractivity contribution in [3.8, 4) is 5.75 Å². The smallest absolute Gasteiger partial charge is 0.338 e. The summed E-state index contributed by atoms with van der Waals surface area (Å²) < 4.78 is 12.2. The molecule has 0 saturated heterocycles. The van der Waals surface area contributed by atoms with Crippen LogP contribution in [0.2, 0.25) is 0 Å². The fraction of sp³-hybridized carbons (Fsp3) is 0.400. The van der Waals surface area contributed by atoms with E-state index in [4.69, 9.17) is 9.47 Å². The van der Waals surface area contributed by atoms with E-state index in [1.54, 1.807) is 28.6 Å². The van der Waals surface area contributed by atoms with Gasteiger partial charge in [-0.05, 0) is 38.5 Å². The molecule has 29 heavy (non-hydrogen) atoms. The van der Waals surface area contributed by atoms with Crippen LogP contribution in [-0.2, 0) is 14.3 Å². The molecule has 1 aromatic heterocycles. The number of esters is 1. The van der Waals surface area contributed by atoms with Crippen LogP contribution in [0.5, 0.6) is 5.75 Å². The van der Waals surface area contributed by atoms with E-state index in [1.165, 1.54) is 13.4 Å². The van der Waals surface area contributed by atoms with Gasteiger partial charge in [0.25, 0.3) is 5.91 Å². The summed E-state index contributed by atoms with van der Waals surface area (Å²) in [7, 11) is 1.35. The molecule has 0 saturated carbocycles. The molecule has 0 aliphatic carbocycles. The van der Waals surface area contributed by atoms with E-state index in [2.05, 4.69) is 15.4 Å². The highest BCUT2D eigenvalue weighted by Gasteiger charge is 2.33. The fourth-order valence-corrected chi connectivity index (χ4v) is 3.33. The van der Waals surface area contributed by atoms with Crippen LogP contribution in [0.25, 0.3) is 0 Å². The molecule has 1 atom stereocenters. The largest absolute Gasteiger partial charge is 0.484 e. The van der Waals surface area contributed by atoms with Gasteiger partial charge in [-0.2, -0.15) is 10.1 Å². The minimum Gasteiger partial charge on any atom is -0.484 e. The number of carbonyl (C=O) groups excluding carboxylic acids is 2. The lowest BCUT2D eigenvalue weighted by Gasteiger charge is -2.28. The zero-order valence-electron chi connectivity index (χ0n) is 17.0. The summed E-state index contributed by atoms with van der Waals surface area (Å²) in [5.74, 6) is 0.621. The number of allylic oxidation sites excluding steroid dienone is 1. The molecule has 154 valence electrons. The van der Waals surface area contributed by atoms with Crippen molar-refractivity contribution >= 4 is 17.8 Å². The number of ether oxygens (including phenoxy) is 2. The topological polar surface area (TPSA) is 98.6 Å². The van der Waals surface area contributed by atoms with Crippen molar-refractivity contribution in [1.82, 2.24) is 19.7 Å². The van der Waals surface area contributed by atoms with Crippen molar-refractivity contribution < 1.29 is 19.1 Å². The molecule has 9 heteroatoms. The first-order valence-corrected chi connectivity index (χ1v) is 9.46. The van der Waals surface area contributed by atoms with Gasteiger partial charge < -0.3 is 19.7 Å². The number of nitrogens with one attached hydrogen (secondary N) is 1. The Hall–Kier alpha value is -3.36. The highest BCUT2D eigenvalue weighted by Crippen LogP contribution is 2.35. The van der Waals surface area contributed by atoms with Crippen LogP contribution in [0.4, 0.5) is 5.95 Å². The van der Waals surface area contributed by atoms with Gasteiger partial charge in [-0.3, -0.25) is 4.79 Å². The number of nitrogens with zero attached hydrogens (tertiary/aromatic N) is 4. The molecular formula is C20H25N5O4. The summed E-state index contributed by atoms with van der Waals surface area (Å²) in [4.78, 5) is 30.4. The normalized spacial score (nSPS) is 15.4. The minimum absolute atomic E-state index is 0.0198. The molecule has 0 spiro atoms. The highest BCUT2D eigenvalue weighted by molar-refractivity contribution is 5.92. The number of fused-ring (bicyclic) bond motifs is 1. The second kappa shape index (κ2) is 8.76. The quantitative estimate of drug-likeness (QED) is 0.711. The standard InChI is InChI=1S/C20H25N5O4/c1-5-24(6-2)16(26)11-29-15-9-7-14(8-10-15)18-17(19(27)28-4)13(3)23-20-21-12-22-25(18)20/h7-10,12,18H,5-6,11H2,1-4H3,(H,21,22,23). The Morgan fingerprint density at radius 2 is 1.90 bits per heavy atom. The third kappa shape index (κ3) is 4.08. The number of anilines is 1. The molecule has 1 amide bonds. The van der Waals surface area contributed by atoms with Crippen molar-refractivity contribution in [2.24, 2.45) is 0 Å². The van der Waals surface area contributed by atoms with E-state index in [0.717, 1.165) is 5.56 Å². The van der Waals surface area contributed by atoms with Crippen LogP contribution in [0.15, 0.2) is 41.9 Å². The van der Waals surface area contributed by atoms with E-state index in [0.29, 0.717) is 36.1 Å². The molecule has 1 unspecified atom stereocenters. The summed E-state index contributed by atoms with van der Waals surface area (Å²) in [5.41, 5.74) is 1.93. The molecule has 0 bridgehead atoms. The molecule has 1 aliphatic rings. The number of likely N-dealkylation sites (N-methyl/N-ethyl adjacent to an activating group) is 1. The van der Waals surface area contributed by atoms with Gasteiger partial charge in [0, 0.05) is 18.8 Å². The first-order chi connectivity index (χ1) is 14.0. The molecule has 0 radical (unpaired) electrons. The van der Waals surface area contributed by atoms with Crippen molar-refractivity contribution in [3.63, 3.8) is 0 Å². The van der Waals surface area contributed by atoms with Gasteiger partial charge >= 0.3 is 5.97 Å². The average Bonchev–Trinajstić information content (AvgIpc) is 3.20. The van der Waals surface area contributed by atoms with Gasteiger partial charge in [-0.25, -0.2) is 9.48 Å². The second-order valence-corrected chi connectivity index (χ2v) is 6.51. The van der Waals surface area contributed by atoms with Gasteiger partial charge in [0.2, 0.25) is 5.95 Å². The van der Waals surface area contributed by atoms with Crippen LogP contribution in [0.1, 0.15) is 32.4 Å². The van der Waals surface area contributed by atoms with Crippen LogP contribution in [-0.4, -0.2) is 58.3 Å². The number of hydrogen-bond acceptors (Lipinski definition) is 7. The van der Waals surface area contributed by atoms with Crippen molar-refractivity contribution in [3.05, 3.63) is 47.4 Å². The Morgan fingerprint density at radius 3 is 2.52 bits per heavy atom. The summed E-state index contributed by atoms with van der Waals surface area (Å²) in [5, 5.41) is 7.33. The van der Waals surface area contributed by atoms with Crippen molar-refractivity contribution in [2.45, 2.75) is 26.8 Å². The van der Waals surface area contributed by atoms with Crippen LogP contribution < -0.4 is 10.1 Å². The number of carbonyl (C=O) groups is 2. The van der Waals surface area contributed by atoms with E-state index in [-0.39, 0.29) is 12.5 Å². The zero-order chi connectivity index (χ0) is 21.0. The number of amides is 1. The molecule has 1 N–H and O–H groups in total. The Bertz CT molecular complexity index is 915. The van der Waals surface area contributed by atoms with E-state index in [9.17, 15) is 9.59 Å². The van der Waals surface area contributed by atoms with Crippen LogP contribution in [0, 0.1) is 0 Å². The fourth-order valence-electron chi connectivity index (χ4n) is 3.33. The lowest BCUT2D eigenvalue weighted by Crippen LogP contribution is -2.34. The number of rotatable bonds is 7. The van der Waals surface area contributed by atoms with Crippen LogP contribution >= 0.6 is 0 Å². The molecule has 1 aliphatic heterocycles. The molecule has 2 aromatic rings. The summed E-state index contributed by atoms with van der Waals surface area (Å²) >= 11 is 0. The maximum Gasteiger partial charge on any atom is 0.338 e. The first-order valence-electron chi connectivity index (χ1n) is 9.46.